The van der Waals surface area contributed by atoms with Gasteiger partial charge in [0.25, 0.3) is 0 Å². The molecule has 1 N–H and O–H groups in total. The van der Waals surface area contributed by atoms with Crippen LogP contribution in [0.5, 0.6) is 5.75 Å². The lowest BCUT2D eigenvalue weighted by molar-refractivity contribution is 0.416. The minimum atomic E-state index is 0.0795. The van der Waals surface area contributed by atoms with Gasteiger partial charge in [-0.15, -0.1) is 11.3 Å². The monoisotopic (exact) mass is 273 g/mol. The van der Waals surface area contributed by atoms with Crippen molar-refractivity contribution in [3.8, 4) is 11.8 Å². The second-order valence-corrected chi connectivity index (χ2v) is 5.05. The fourth-order valence-corrected chi connectivity index (χ4v) is 2.76. The first-order chi connectivity index (χ1) is 9.17. The summed E-state index contributed by atoms with van der Waals surface area (Å²) in [4.78, 5) is 5.41. The number of methoxy groups -OCH3 is 1. The molecule has 0 fully saturated rings. The summed E-state index contributed by atoms with van der Waals surface area (Å²) >= 11 is 1.61. The standard InChI is InChI=1S/C14H15N3OS/c1-9-14(19-8-16-9)10(2)17-13-11(7-15)5-4-6-12(13)18-3/h4-6,8,10,17H,1-3H3. The number of nitrogens with zero attached hydrogens (tertiary/aromatic N) is 2. The smallest absolute Gasteiger partial charge is 0.143 e. The second-order valence-electron chi connectivity index (χ2n) is 4.16. The van der Waals surface area contributed by atoms with E-state index in [1.165, 1.54) is 0 Å². The zero-order valence-electron chi connectivity index (χ0n) is 11.1. The van der Waals surface area contributed by atoms with Crippen molar-refractivity contribution in [3.63, 3.8) is 0 Å². The summed E-state index contributed by atoms with van der Waals surface area (Å²) in [5, 5.41) is 12.5. The molecule has 19 heavy (non-hydrogen) atoms. The highest BCUT2D eigenvalue weighted by atomic mass is 32.1. The maximum atomic E-state index is 9.18. The van der Waals surface area contributed by atoms with E-state index in [2.05, 4.69) is 16.4 Å². The number of anilines is 1. The number of nitriles is 1. The first kappa shape index (κ1) is 13.4. The third-order valence-electron chi connectivity index (χ3n) is 2.90. The maximum Gasteiger partial charge on any atom is 0.143 e. The van der Waals surface area contributed by atoms with Gasteiger partial charge in [0.1, 0.15) is 11.8 Å². The van der Waals surface area contributed by atoms with Crippen molar-refractivity contribution in [2.45, 2.75) is 19.9 Å². The minimum Gasteiger partial charge on any atom is -0.495 e. The summed E-state index contributed by atoms with van der Waals surface area (Å²) in [7, 11) is 1.60. The molecule has 0 saturated carbocycles. The molecule has 0 radical (unpaired) electrons. The van der Waals surface area contributed by atoms with E-state index in [0.29, 0.717) is 11.3 Å². The summed E-state index contributed by atoms with van der Waals surface area (Å²) in [5.74, 6) is 0.674. The molecule has 4 nitrogen and oxygen atoms in total. The number of nitrogens with one attached hydrogen (secondary N) is 1. The van der Waals surface area contributed by atoms with E-state index in [4.69, 9.17) is 4.74 Å². The molecule has 2 aromatic rings. The average molecular weight is 273 g/mol. The van der Waals surface area contributed by atoms with E-state index >= 15 is 0 Å². The number of hydrogen-bond donors (Lipinski definition) is 1. The van der Waals surface area contributed by atoms with Crippen molar-refractivity contribution in [1.29, 1.82) is 5.26 Å². The van der Waals surface area contributed by atoms with Gasteiger partial charge in [-0.2, -0.15) is 5.26 Å². The van der Waals surface area contributed by atoms with Crippen molar-refractivity contribution in [1.82, 2.24) is 4.98 Å². The molecule has 1 atom stereocenters. The number of aromatic nitrogens is 1. The highest BCUT2D eigenvalue weighted by Gasteiger charge is 2.15. The lowest BCUT2D eigenvalue weighted by Crippen LogP contribution is -2.09. The minimum absolute atomic E-state index is 0.0795. The fraction of sp³-hybridized carbons (Fsp3) is 0.286. The number of aryl methyl sites for hydroxylation is 1. The average Bonchev–Trinajstić information content (AvgIpc) is 2.85. The van der Waals surface area contributed by atoms with Crippen molar-refractivity contribution < 1.29 is 4.74 Å². The Labute approximate surface area is 116 Å². The van der Waals surface area contributed by atoms with Gasteiger partial charge in [0.15, 0.2) is 0 Å². The number of rotatable bonds is 4. The Morgan fingerprint density at radius 3 is 2.84 bits per heavy atom. The summed E-state index contributed by atoms with van der Waals surface area (Å²) < 4.78 is 5.31. The SMILES string of the molecule is COc1cccc(C#N)c1NC(C)c1scnc1C. The number of thiazole rings is 1. The van der Waals surface area contributed by atoms with Crippen LogP contribution in [0, 0.1) is 18.3 Å². The third kappa shape index (κ3) is 2.69. The van der Waals surface area contributed by atoms with Crippen LogP contribution in [0.4, 0.5) is 5.69 Å². The van der Waals surface area contributed by atoms with Crippen molar-refractivity contribution in [3.05, 3.63) is 39.8 Å². The van der Waals surface area contributed by atoms with E-state index < -0.39 is 0 Å². The number of hydrogen-bond acceptors (Lipinski definition) is 5. The first-order valence-electron chi connectivity index (χ1n) is 5.91. The number of para-hydroxylation sites is 1. The van der Waals surface area contributed by atoms with Crippen molar-refractivity contribution in [2.75, 3.05) is 12.4 Å². The zero-order chi connectivity index (χ0) is 13.8. The van der Waals surface area contributed by atoms with Crippen LogP contribution in [0.15, 0.2) is 23.7 Å². The lowest BCUT2D eigenvalue weighted by Gasteiger charge is -2.18. The summed E-state index contributed by atoms with van der Waals surface area (Å²) in [6.45, 7) is 4.03. The summed E-state index contributed by atoms with van der Waals surface area (Å²) in [5.41, 5.74) is 4.15. The topological polar surface area (TPSA) is 57.9 Å². The molecule has 0 saturated heterocycles. The third-order valence-corrected chi connectivity index (χ3v) is 4.02. The molecule has 5 heteroatoms. The van der Waals surface area contributed by atoms with Crippen LogP contribution in [0.2, 0.25) is 0 Å². The molecule has 0 amide bonds. The molecular weight excluding hydrogens is 258 g/mol. The molecule has 1 aromatic heterocycles. The largest absolute Gasteiger partial charge is 0.495 e. The van der Waals surface area contributed by atoms with Gasteiger partial charge in [-0.3, -0.25) is 0 Å². The molecule has 0 aliphatic heterocycles. The molecule has 2 rings (SSSR count). The van der Waals surface area contributed by atoms with Gasteiger partial charge in [0.2, 0.25) is 0 Å². The van der Waals surface area contributed by atoms with Gasteiger partial charge < -0.3 is 10.1 Å². The quantitative estimate of drug-likeness (QED) is 0.926. The van der Waals surface area contributed by atoms with Gasteiger partial charge in [-0.1, -0.05) is 6.07 Å². The van der Waals surface area contributed by atoms with Crippen LogP contribution in [-0.2, 0) is 0 Å². The van der Waals surface area contributed by atoms with Gasteiger partial charge >= 0.3 is 0 Å². The van der Waals surface area contributed by atoms with Crippen molar-refractivity contribution in [2.24, 2.45) is 0 Å². The van der Waals surface area contributed by atoms with E-state index in [-0.39, 0.29) is 6.04 Å². The molecular formula is C14H15N3OS. The van der Waals surface area contributed by atoms with Gasteiger partial charge in [0.05, 0.1) is 35.6 Å². The second kappa shape index (κ2) is 5.72. The molecule has 0 bridgehead atoms. The van der Waals surface area contributed by atoms with E-state index in [1.54, 1.807) is 24.5 Å². The fourth-order valence-electron chi connectivity index (χ4n) is 1.95. The Balaban J connectivity index is 2.33. The van der Waals surface area contributed by atoms with E-state index in [1.807, 2.05) is 31.5 Å². The van der Waals surface area contributed by atoms with Gasteiger partial charge in [0, 0.05) is 4.88 Å². The molecule has 0 aliphatic carbocycles. The Morgan fingerprint density at radius 2 is 2.26 bits per heavy atom. The van der Waals surface area contributed by atoms with Crippen LogP contribution in [0.3, 0.4) is 0 Å². The first-order valence-corrected chi connectivity index (χ1v) is 6.79. The Kier molecular flexibility index (Phi) is 4.03. The summed E-state index contributed by atoms with van der Waals surface area (Å²) in [6.07, 6.45) is 0. The van der Waals surface area contributed by atoms with E-state index in [9.17, 15) is 5.26 Å². The molecule has 0 spiro atoms. The summed E-state index contributed by atoms with van der Waals surface area (Å²) in [6, 6.07) is 7.69. The Bertz CT molecular complexity index is 615. The highest BCUT2D eigenvalue weighted by Crippen LogP contribution is 2.32. The van der Waals surface area contributed by atoms with Crippen LogP contribution < -0.4 is 10.1 Å². The normalized spacial score (nSPS) is 11.7. The predicted octanol–water partition coefficient (Wildman–Crippen LogP) is 3.50. The highest BCUT2D eigenvalue weighted by molar-refractivity contribution is 7.09. The van der Waals surface area contributed by atoms with Crippen LogP contribution in [0.1, 0.15) is 29.1 Å². The predicted molar refractivity (Wildman–Crippen MR) is 76.6 cm³/mol. The Hall–Kier alpha value is -2.06. The van der Waals surface area contributed by atoms with Gasteiger partial charge in [-0.05, 0) is 26.0 Å². The number of benzene rings is 1. The molecule has 98 valence electrons. The Morgan fingerprint density at radius 1 is 1.47 bits per heavy atom. The van der Waals surface area contributed by atoms with Crippen LogP contribution >= 0.6 is 11.3 Å². The molecule has 1 unspecified atom stereocenters. The van der Waals surface area contributed by atoms with Gasteiger partial charge in [-0.25, -0.2) is 4.98 Å². The maximum absolute atomic E-state index is 9.18. The molecule has 1 aromatic carbocycles. The van der Waals surface area contributed by atoms with Crippen molar-refractivity contribution >= 4 is 17.0 Å². The van der Waals surface area contributed by atoms with Crippen LogP contribution in [-0.4, -0.2) is 12.1 Å². The lowest BCUT2D eigenvalue weighted by atomic mass is 10.1. The van der Waals surface area contributed by atoms with Crippen LogP contribution in [0.25, 0.3) is 0 Å². The number of ether oxygens (including phenoxy) is 1. The molecule has 1 heterocycles. The molecule has 0 aliphatic rings. The zero-order valence-corrected chi connectivity index (χ0v) is 11.9. The van der Waals surface area contributed by atoms with E-state index in [0.717, 1.165) is 16.3 Å².